The molecule has 0 bridgehead atoms. The predicted molar refractivity (Wildman–Crippen MR) is 132 cm³/mol. The lowest BCUT2D eigenvalue weighted by Crippen LogP contribution is -1.94. The van der Waals surface area contributed by atoms with E-state index in [1.165, 1.54) is 49.0 Å². The molecule has 0 amide bonds. The highest BCUT2D eigenvalue weighted by Crippen LogP contribution is 2.32. The summed E-state index contributed by atoms with van der Waals surface area (Å²) in [4.78, 5) is 0. The van der Waals surface area contributed by atoms with E-state index < -0.39 is 0 Å². The lowest BCUT2D eigenvalue weighted by atomic mass is 9.90. The average Bonchev–Trinajstić information content (AvgIpc) is 2.80. The van der Waals surface area contributed by atoms with E-state index in [-0.39, 0.29) is 0 Å². The first-order valence-corrected chi connectivity index (χ1v) is 10.8. The Morgan fingerprint density at radius 3 is 2.13 bits per heavy atom. The molecule has 5 aromatic rings. The van der Waals surface area contributed by atoms with Gasteiger partial charge in [0.15, 0.2) is 0 Å². The molecule has 5 rings (SSSR count). The Bertz CT molecular complexity index is 1380. The summed E-state index contributed by atoms with van der Waals surface area (Å²) in [5.41, 5.74) is 4.12. The number of benzene rings is 5. The van der Waals surface area contributed by atoms with Crippen molar-refractivity contribution < 1.29 is 0 Å². The lowest BCUT2D eigenvalue weighted by molar-refractivity contribution is 0.788. The van der Waals surface area contributed by atoms with Gasteiger partial charge in [0.1, 0.15) is 0 Å². The summed E-state index contributed by atoms with van der Waals surface area (Å²) < 4.78 is 0. The molecule has 0 nitrogen and oxygen atoms in total. The van der Waals surface area contributed by atoms with E-state index in [4.69, 9.17) is 0 Å². The Morgan fingerprint density at radius 1 is 0.667 bits per heavy atom. The second kappa shape index (κ2) is 7.80. The number of fused-ring (bicyclic) bond motifs is 3. The molecular weight excluding hydrogens is 360 g/mol. The zero-order valence-electron chi connectivity index (χ0n) is 17.6. The second-order valence-electron chi connectivity index (χ2n) is 8.32. The molecule has 0 N–H and O–H groups in total. The van der Waals surface area contributed by atoms with Crippen LogP contribution in [0, 0.1) is 0 Å². The summed E-state index contributed by atoms with van der Waals surface area (Å²) in [5.74, 6) is 0.474. The highest BCUT2D eigenvalue weighted by atomic mass is 14.1. The Balaban J connectivity index is 1.50. The molecule has 0 heterocycles. The molecule has 5 aromatic carbocycles. The van der Waals surface area contributed by atoms with Gasteiger partial charge in [0, 0.05) is 0 Å². The smallest absolute Gasteiger partial charge is 0.0102 e. The first-order valence-electron chi connectivity index (χ1n) is 10.8. The van der Waals surface area contributed by atoms with Crippen molar-refractivity contribution in [3.8, 4) is 0 Å². The van der Waals surface area contributed by atoms with Crippen LogP contribution in [0.3, 0.4) is 0 Å². The molecule has 0 radical (unpaired) electrons. The summed E-state index contributed by atoms with van der Waals surface area (Å²) in [6.07, 6.45) is 3.44. The van der Waals surface area contributed by atoms with Crippen molar-refractivity contribution in [3.63, 3.8) is 0 Å². The fourth-order valence-electron chi connectivity index (χ4n) is 4.58. The van der Waals surface area contributed by atoms with Crippen molar-refractivity contribution >= 4 is 37.9 Å². The largest absolute Gasteiger partial charge is 0.0804 e. The van der Waals surface area contributed by atoms with E-state index in [9.17, 15) is 0 Å². The Kier molecular flexibility index (Phi) is 4.85. The molecular formula is C30H26. The summed E-state index contributed by atoms with van der Waals surface area (Å²) in [7, 11) is 0. The quantitative estimate of drug-likeness (QED) is 0.271. The molecule has 0 spiro atoms. The van der Waals surface area contributed by atoms with Crippen molar-refractivity contribution in [2.75, 3.05) is 0 Å². The van der Waals surface area contributed by atoms with Crippen LogP contribution in [0.15, 0.2) is 103 Å². The van der Waals surface area contributed by atoms with Crippen LogP contribution in [0.5, 0.6) is 0 Å². The van der Waals surface area contributed by atoms with Gasteiger partial charge in [-0.2, -0.15) is 0 Å². The van der Waals surface area contributed by atoms with Crippen LogP contribution in [0.25, 0.3) is 37.9 Å². The van der Waals surface area contributed by atoms with Crippen LogP contribution in [-0.4, -0.2) is 0 Å². The standard InChI is InChI=1S/C30H26/c1-21(27-15-7-12-23-9-5-6-14-29(23)27)17-18-22(2)28-16-8-13-26-19-24-10-3-4-11-25(24)20-30(26)28/h3-16,18-21H,17H2,1-2H3/b22-18-. The van der Waals surface area contributed by atoms with Crippen molar-refractivity contribution in [2.45, 2.75) is 26.2 Å². The van der Waals surface area contributed by atoms with Gasteiger partial charge >= 0.3 is 0 Å². The van der Waals surface area contributed by atoms with Crippen LogP contribution >= 0.6 is 0 Å². The maximum absolute atomic E-state index is 2.41. The van der Waals surface area contributed by atoms with Gasteiger partial charge in [0.25, 0.3) is 0 Å². The van der Waals surface area contributed by atoms with Crippen LogP contribution < -0.4 is 0 Å². The normalized spacial score (nSPS) is 13.2. The van der Waals surface area contributed by atoms with Gasteiger partial charge in [0.2, 0.25) is 0 Å². The van der Waals surface area contributed by atoms with Crippen molar-refractivity contribution in [3.05, 3.63) is 114 Å². The first kappa shape index (κ1) is 18.6. The minimum atomic E-state index is 0.474. The molecule has 0 saturated carbocycles. The van der Waals surface area contributed by atoms with Crippen molar-refractivity contribution in [1.29, 1.82) is 0 Å². The molecule has 1 unspecified atom stereocenters. The molecule has 146 valence electrons. The molecule has 0 aliphatic rings. The van der Waals surface area contributed by atoms with E-state index in [2.05, 4.69) is 117 Å². The number of hydrogen-bond donors (Lipinski definition) is 0. The molecule has 0 aromatic heterocycles. The van der Waals surface area contributed by atoms with Gasteiger partial charge in [-0.15, -0.1) is 0 Å². The highest BCUT2D eigenvalue weighted by Gasteiger charge is 2.09. The Hall–Kier alpha value is -3.38. The van der Waals surface area contributed by atoms with E-state index in [0.29, 0.717) is 5.92 Å². The third-order valence-electron chi connectivity index (χ3n) is 6.30. The minimum absolute atomic E-state index is 0.474. The molecule has 0 fully saturated rings. The summed E-state index contributed by atoms with van der Waals surface area (Å²) in [6.45, 7) is 4.59. The summed E-state index contributed by atoms with van der Waals surface area (Å²) in [6, 6.07) is 35.3. The predicted octanol–water partition coefficient (Wildman–Crippen LogP) is 8.74. The topological polar surface area (TPSA) is 0 Å². The fraction of sp³-hybridized carbons (Fsp3) is 0.133. The first-order chi connectivity index (χ1) is 14.7. The van der Waals surface area contributed by atoms with Crippen LogP contribution in [-0.2, 0) is 0 Å². The monoisotopic (exact) mass is 386 g/mol. The molecule has 1 atom stereocenters. The lowest BCUT2D eigenvalue weighted by Gasteiger charge is -2.14. The van der Waals surface area contributed by atoms with Gasteiger partial charge in [-0.25, -0.2) is 0 Å². The number of allylic oxidation sites excluding steroid dienone is 2. The van der Waals surface area contributed by atoms with E-state index >= 15 is 0 Å². The number of hydrogen-bond acceptors (Lipinski definition) is 0. The number of rotatable bonds is 4. The van der Waals surface area contributed by atoms with Crippen molar-refractivity contribution in [2.24, 2.45) is 0 Å². The maximum Gasteiger partial charge on any atom is -0.0102 e. The molecule has 0 aliphatic heterocycles. The molecule has 0 saturated heterocycles. The SMILES string of the molecule is C/C(=C/CC(C)c1cccc2ccccc12)c1cccc2cc3ccccc3cc12. The second-order valence-corrected chi connectivity index (χ2v) is 8.32. The van der Waals surface area contributed by atoms with E-state index in [1.807, 2.05) is 0 Å². The minimum Gasteiger partial charge on any atom is -0.0804 e. The van der Waals surface area contributed by atoms with Gasteiger partial charge in [0.05, 0.1) is 0 Å². The third kappa shape index (κ3) is 3.39. The van der Waals surface area contributed by atoms with Crippen LogP contribution in [0.1, 0.15) is 37.3 Å². The summed E-state index contributed by atoms with van der Waals surface area (Å²) in [5, 5.41) is 7.94. The van der Waals surface area contributed by atoms with Gasteiger partial charge in [-0.05, 0) is 80.4 Å². The Morgan fingerprint density at radius 2 is 1.30 bits per heavy atom. The van der Waals surface area contributed by atoms with Gasteiger partial charge < -0.3 is 0 Å². The molecule has 30 heavy (non-hydrogen) atoms. The average molecular weight is 387 g/mol. The van der Waals surface area contributed by atoms with E-state index in [0.717, 1.165) is 6.42 Å². The fourth-order valence-corrected chi connectivity index (χ4v) is 4.58. The molecule has 0 heteroatoms. The van der Waals surface area contributed by atoms with Crippen molar-refractivity contribution in [1.82, 2.24) is 0 Å². The van der Waals surface area contributed by atoms with Crippen LogP contribution in [0.4, 0.5) is 0 Å². The zero-order valence-corrected chi connectivity index (χ0v) is 17.6. The zero-order chi connectivity index (χ0) is 20.5. The van der Waals surface area contributed by atoms with Gasteiger partial charge in [-0.3, -0.25) is 0 Å². The third-order valence-corrected chi connectivity index (χ3v) is 6.30. The highest BCUT2D eigenvalue weighted by molar-refractivity contribution is 6.02. The van der Waals surface area contributed by atoms with Gasteiger partial charge in [-0.1, -0.05) is 97.9 Å². The Labute approximate surface area is 178 Å². The van der Waals surface area contributed by atoms with Crippen LogP contribution in [0.2, 0.25) is 0 Å². The summed E-state index contributed by atoms with van der Waals surface area (Å²) >= 11 is 0. The van der Waals surface area contributed by atoms with E-state index in [1.54, 1.807) is 0 Å². The maximum atomic E-state index is 2.41. The molecule has 0 aliphatic carbocycles.